The van der Waals surface area contributed by atoms with Crippen LogP contribution >= 0.6 is 0 Å². The van der Waals surface area contributed by atoms with Gasteiger partial charge in [0.1, 0.15) is 72.8 Å². The Kier molecular flexibility index (Phi) is 25.9. The number of amides is 3. The van der Waals surface area contributed by atoms with Crippen molar-refractivity contribution in [1.29, 1.82) is 0 Å². The van der Waals surface area contributed by atoms with Gasteiger partial charge in [-0.3, -0.25) is 14.4 Å². The molecular formula is C33H50N3Na3O25. The van der Waals surface area contributed by atoms with Gasteiger partial charge >= 0.3 is 88.7 Å². The van der Waals surface area contributed by atoms with Crippen molar-refractivity contribution in [3.63, 3.8) is 0 Å². The van der Waals surface area contributed by atoms with E-state index in [1.54, 1.807) is 0 Å². The summed E-state index contributed by atoms with van der Waals surface area (Å²) >= 11 is 0. The summed E-state index contributed by atoms with van der Waals surface area (Å²) in [5.41, 5.74) is 0. The molecular weight excluding hydrogens is 907 g/mol. The Morgan fingerprint density at radius 1 is 0.562 bits per heavy atom. The van der Waals surface area contributed by atoms with E-state index < -0.39 is 183 Å². The zero-order chi connectivity index (χ0) is 46.5. The molecule has 0 saturated carbocycles. The van der Waals surface area contributed by atoms with Gasteiger partial charge in [-0.2, -0.15) is 0 Å². The van der Waals surface area contributed by atoms with Crippen LogP contribution in [0.25, 0.3) is 0 Å². The maximum atomic E-state index is 12.9. The molecule has 3 rings (SSSR count). The van der Waals surface area contributed by atoms with E-state index >= 15 is 0 Å². The fourth-order valence-corrected chi connectivity index (χ4v) is 7.30. The fraction of sp³-hybridized carbons (Fsp3) is 0.818. The second-order valence-corrected chi connectivity index (χ2v) is 14.8. The number of hydrogen-bond donors (Lipinski definition) is 14. The molecule has 18 atom stereocenters. The van der Waals surface area contributed by atoms with Crippen LogP contribution in [-0.4, -0.2) is 220 Å². The van der Waals surface area contributed by atoms with Crippen LogP contribution in [0.15, 0.2) is 0 Å². The molecule has 3 heterocycles. The van der Waals surface area contributed by atoms with Gasteiger partial charge in [-0.05, 0) is 0 Å². The van der Waals surface area contributed by atoms with Gasteiger partial charge in [-0.25, -0.2) is 0 Å². The minimum Gasteiger partial charge on any atom is -0.544 e. The summed E-state index contributed by atoms with van der Waals surface area (Å²) in [6.45, 7) is -1.39. The second-order valence-electron chi connectivity index (χ2n) is 14.8. The zero-order valence-electron chi connectivity index (χ0n) is 35.5. The number of rotatable bonds is 19. The van der Waals surface area contributed by atoms with E-state index in [4.69, 9.17) is 23.7 Å². The number of ether oxygens (including phenoxy) is 5. The van der Waals surface area contributed by atoms with Crippen LogP contribution in [0, 0.1) is 0 Å². The number of aliphatic hydroxyl groups excluding tert-OH is 10. The average Bonchev–Trinajstić information content (AvgIpc) is 3.17. The number of carbonyl (C=O) groups excluding carboxylic acids is 6. The molecule has 14 N–H and O–H groups in total. The maximum absolute atomic E-state index is 12.9. The molecule has 31 heteroatoms. The van der Waals surface area contributed by atoms with Gasteiger partial charge in [0.25, 0.3) is 0 Å². The summed E-state index contributed by atoms with van der Waals surface area (Å²) in [5.74, 6) is -20.1. The molecule has 64 heavy (non-hydrogen) atoms. The molecule has 3 fully saturated rings. The van der Waals surface area contributed by atoms with Gasteiger partial charge < -0.3 is 126 Å². The van der Waals surface area contributed by atoms with E-state index in [0.29, 0.717) is 0 Å². The number of carbonyl (C=O) groups is 6. The largest absolute Gasteiger partial charge is 1.00 e. The molecule has 0 aliphatic carbocycles. The van der Waals surface area contributed by atoms with Crippen LogP contribution in [0.1, 0.15) is 40.0 Å². The first-order valence-corrected chi connectivity index (χ1v) is 18.4. The van der Waals surface area contributed by atoms with Crippen molar-refractivity contribution in [1.82, 2.24) is 16.0 Å². The summed E-state index contributed by atoms with van der Waals surface area (Å²) in [4.78, 5) is 73.3. The van der Waals surface area contributed by atoms with Crippen LogP contribution in [-0.2, 0) is 52.5 Å². The van der Waals surface area contributed by atoms with Crippen LogP contribution in [0.3, 0.4) is 0 Å². The minimum absolute atomic E-state index is 0. The summed E-state index contributed by atoms with van der Waals surface area (Å²) in [7, 11) is 0. The monoisotopic (exact) mass is 957 g/mol. The van der Waals surface area contributed by atoms with E-state index in [-0.39, 0.29) is 88.7 Å². The Labute approximate surface area is 429 Å². The van der Waals surface area contributed by atoms with E-state index in [2.05, 4.69) is 16.0 Å². The molecule has 28 nitrogen and oxygen atoms in total. The molecule has 0 spiro atoms. The summed E-state index contributed by atoms with van der Waals surface area (Å²) in [6.07, 6.45) is -31.4. The van der Waals surface area contributed by atoms with Crippen molar-refractivity contribution in [3.05, 3.63) is 0 Å². The second kappa shape index (κ2) is 26.2. The standard InChI is InChI=1S/C33H53N3O25.3Na/c1-10(40)34-19-13(43)4-31(56,28(50)51)59-26(19)23(48)17(8-38)57-33(30(54)55)6-15(45)21(36-12(3)42)27(61-33)24(49)18(9-39)58-32(29(52)53)5-14(44)20(35-11(2)41)25(60-32)22(47)16(46)7-37;;;/h13-27,37-39,43-49,56H,4-9H2,1-3H3,(H,34,40)(H,35,41)(H,36,42)(H,50,51)(H,52,53)(H,54,55);;;/q;3*+1/p-3/t13-,14-,15-,16+,17?,18?,19+,20+,21+,22+,23+,24+,25+,26+,27+,31?,32?,33?;;;/m0.../s1. The van der Waals surface area contributed by atoms with Gasteiger partial charge in [0.2, 0.25) is 35.1 Å². The first-order chi connectivity index (χ1) is 28.2. The Morgan fingerprint density at radius 2 is 0.875 bits per heavy atom. The molecule has 3 amide bonds. The van der Waals surface area contributed by atoms with Crippen molar-refractivity contribution in [2.24, 2.45) is 0 Å². The molecule has 3 saturated heterocycles. The SMILES string of the molecule is CC(=O)N[C@H]1[C@H]([C@H](O)C(CO)OC2(C(=O)[O-])C[C@H](O)[C@@H](NC(C)=O)[C@H]([C@H](O)C(CO)OC3(C(=O)[O-])C[C@H](O)[C@@H](NC(C)=O)[C@H]([C@H](O)[C@H](O)CO)O3)O2)OC(O)(C(=O)[O-])C[C@@H]1O.[Na+].[Na+].[Na+]. The van der Waals surface area contributed by atoms with Gasteiger partial charge in [0.15, 0.2) is 0 Å². The average molecular weight is 958 g/mol. The summed E-state index contributed by atoms with van der Waals surface area (Å²) in [6, 6.07) is -5.47. The number of nitrogens with one attached hydrogen (secondary N) is 3. The third-order valence-electron chi connectivity index (χ3n) is 10.2. The number of aliphatic carboxylic acids is 3. The van der Waals surface area contributed by atoms with Crippen molar-refractivity contribution >= 4 is 35.6 Å². The maximum Gasteiger partial charge on any atom is 1.00 e. The predicted octanol–water partition coefficient (Wildman–Crippen LogP) is -22.5. The van der Waals surface area contributed by atoms with E-state index in [1.165, 1.54) is 0 Å². The van der Waals surface area contributed by atoms with E-state index in [0.717, 1.165) is 20.8 Å². The van der Waals surface area contributed by atoms with Gasteiger partial charge in [0.05, 0.1) is 56.3 Å². The third-order valence-corrected chi connectivity index (χ3v) is 10.2. The van der Waals surface area contributed by atoms with Crippen LogP contribution in [0.4, 0.5) is 0 Å². The molecule has 0 radical (unpaired) electrons. The molecule has 0 aromatic carbocycles. The Bertz CT molecular complexity index is 1610. The Morgan fingerprint density at radius 3 is 1.16 bits per heavy atom. The molecule has 0 bridgehead atoms. The van der Waals surface area contributed by atoms with Crippen LogP contribution in [0.5, 0.6) is 0 Å². The van der Waals surface area contributed by atoms with Gasteiger partial charge in [0, 0.05) is 40.0 Å². The summed E-state index contributed by atoms with van der Waals surface area (Å²) < 4.78 is 26.9. The minimum atomic E-state index is -3.49. The Balaban J connectivity index is 0.0000132. The molecule has 5 unspecified atom stereocenters. The molecule has 3 aliphatic heterocycles. The normalized spacial score (nSPS) is 35.4. The topological polar surface area (TPSA) is 476 Å². The Hall–Kier alpha value is -0.820. The molecule has 0 aromatic heterocycles. The van der Waals surface area contributed by atoms with Crippen molar-refractivity contribution in [2.45, 2.75) is 149 Å². The van der Waals surface area contributed by atoms with E-state index in [1.807, 2.05) is 0 Å². The number of aliphatic hydroxyl groups is 11. The van der Waals surface area contributed by atoms with Crippen molar-refractivity contribution in [2.75, 3.05) is 19.8 Å². The molecule has 350 valence electrons. The van der Waals surface area contributed by atoms with Crippen LogP contribution < -0.4 is 120 Å². The number of carboxylic acid groups (broad SMARTS) is 3. The van der Waals surface area contributed by atoms with Crippen molar-refractivity contribution < 1.29 is 213 Å². The fourth-order valence-electron chi connectivity index (χ4n) is 7.30. The number of hydrogen-bond acceptors (Lipinski definition) is 25. The van der Waals surface area contributed by atoms with Gasteiger partial charge in [-0.15, -0.1) is 0 Å². The number of carboxylic acids is 3. The van der Waals surface area contributed by atoms with Crippen LogP contribution in [0.2, 0.25) is 0 Å². The van der Waals surface area contributed by atoms with Crippen molar-refractivity contribution in [3.8, 4) is 0 Å². The third kappa shape index (κ3) is 14.6. The smallest absolute Gasteiger partial charge is 0.544 e. The van der Waals surface area contributed by atoms with E-state index in [9.17, 15) is 100 Å². The zero-order valence-corrected chi connectivity index (χ0v) is 41.5. The quantitative estimate of drug-likeness (QED) is 0.0535. The first-order valence-electron chi connectivity index (χ1n) is 18.4. The molecule has 0 aromatic rings. The predicted molar refractivity (Wildman–Crippen MR) is 180 cm³/mol. The first kappa shape index (κ1) is 63.2. The summed E-state index contributed by atoms with van der Waals surface area (Å²) in [5, 5.41) is 161. The molecule has 3 aliphatic rings. The van der Waals surface area contributed by atoms with Gasteiger partial charge in [-0.1, -0.05) is 0 Å².